The van der Waals surface area contributed by atoms with Gasteiger partial charge in [-0.1, -0.05) is 91.9 Å². The van der Waals surface area contributed by atoms with E-state index in [9.17, 15) is 42.3 Å². The maximum atomic E-state index is 13.8. The van der Waals surface area contributed by atoms with Crippen LogP contribution in [0.3, 0.4) is 0 Å². The van der Waals surface area contributed by atoms with Crippen LogP contribution in [0.2, 0.25) is 0 Å². The Morgan fingerprint density at radius 1 is 0.784 bits per heavy atom. The van der Waals surface area contributed by atoms with E-state index >= 15 is 0 Å². The molecule has 12 heteroatoms. The van der Waals surface area contributed by atoms with Crippen LogP contribution in [0, 0.1) is 11.8 Å². The SMILES string of the molecule is CSCC[C@@H](CC(=O)c1ccc(-c2ccccc2)cc1)C(=O)N[C@H](Cc1ccccc1)C(=O)C[C@@H](C)C(=O)NC(CCC(C)=O)C(O)C(F)(F)F. The molecule has 0 bridgehead atoms. The van der Waals surface area contributed by atoms with Gasteiger partial charge < -0.3 is 20.5 Å². The third-order valence-corrected chi connectivity index (χ3v) is 9.23. The van der Waals surface area contributed by atoms with Gasteiger partial charge in [0.1, 0.15) is 5.78 Å². The molecule has 274 valence electrons. The van der Waals surface area contributed by atoms with E-state index in [0.29, 0.717) is 17.7 Å². The average molecular weight is 727 g/mol. The molecule has 3 aromatic rings. The third kappa shape index (κ3) is 13.4. The van der Waals surface area contributed by atoms with Gasteiger partial charge in [-0.05, 0) is 54.9 Å². The lowest BCUT2D eigenvalue weighted by atomic mass is 9.91. The minimum Gasteiger partial charge on any atom is -0.382 e. The van der Waals surface area contributed by atoms with Crippen LogP contribution in [-0.4, -0.2) is 70.6 Å². The highest BCUT2D eigenvalue weighted by Crippen LogP contribution is 2.25. The lowest BCUT2D eigenvalue weighted by Gasteiger charge is -2.27. The smallest absolute Gasteiger partial charge is 0.382 e. The van der Waals surface area contributed by atoms with Crippen molar-refractivity contribution in [3.8, 4) is 11.1 Å². The minimum absolute atomic E-state index is 0.0813. The number of rotatable bonds is 20. The lowest BCUT2D eigenvalue weighted by molar-refractivity contribution is -0.213. The zero-order chi connectivity index (χ0) is 37.6. The Labute approximate surface area is 301 Å². The standard InChI is InChI=1S/C39H45F3N2O6S/c1-25(37(49)43-32(19-14-26(2)45)36(48)39(40,41)42)22-35(47)33(23-27-10-6-4-7-11-27)44-38(50)31(20-21-51-3)24-34(46)30-17-15-29(16-18-30)28-12-8-5-9-13-28/h4-13,15-18,25,31-33,36,48H,14,19-24H2,1-3H3,(H,43,49)(H,44,50)/t25-,31+,32?,33-,36?/m1/s1. The van der Waals surface area contributed by atoms with Gasteiger partial charge in [-0.3, -0.25) is 19.2 Å². The molecular weight excluding hydrogens is 681 g/mol. The molecule has 2 unspecified atom stereocenters. The van der Waals surface area contributed by atoms with Crippen molar-refractivity contribution in [3.63, 3.8) is 0 Å². The molecular formula is C39H45F3N2O6S. The summed E-state index contributed by atoms with van der Waals surface area (Å²) in [7, 11) is 0. The molecule has 3 N–H and O–H groups in total. The molecule has 0 spiro atoms. The summed E-state index contributed by atoms with van der Waals surface area (Å²) >= 11 is 1.51. The number of nitrogens with one attached hydrogen (secondary N) is 2. The number of carbonyl (C=O) groups is 5. The van der Waals surface area contributed by atoms with Crippen molar-refractivity contribution in [1.29, 1.82) is 0 Å². The van der Waals surface area contributed by atoms with Crippen molar-refractivity contribution >= 4 is 40.9 Å². The first-order chi connectivity index (χ1) is 24.2. The molecule has 0 radical (unpaired) electrons. The molecule has 5 atom stereocenters. The Morgan fingerprint density at radius 2 is 1.37 bits per heavy atom. The summed E-state index contributed by atoms with van der Waals surface area (Å²) in [6, 6.07) is 22.8. The summed E-state index contributed by atoms with van der Waals surface area (Å²) < 4.78 is 39.9. The Balaban J connectivity index is 1.75. The summed E-state index contributed by atoms with van der Waals surface area (Å²) in [5, 5.41) is 14.8. The first-order valence-corrected chi connectivity index (χ1v) is 18.2. The molecule has 3 rings (SSSR count). The van der Waals surface area contributed by atoms with Gasteiger partial charge >= 0.3 is 6.18 Å². The third-order valence-electron chi connectivity index (χ3n) is 8.58. The molecule has 0 heterocycles. The number of halogens is 3. The van der Waals surface area contributed by atoms with Crippen LogP contribution in [0.15, 0.2) is 84.9 Å². The molecule has 51 heavy (non-hydrogen) atoms. The van der Waals surface area contributed by atoms with Crippen molar-refractivity contribution in [2.45, 2.75) is 76.7 Å². The van der Waals surface area contributed by atoms with E-state index in [2.05, 4.69) is 10.6 Å². The first kappa shape index (κ1) is 41.1. The number of ketones is 3. The van der Waals surface area contributed by atoms with Gasteiger partial charge in [-0.25, -0.2) is 0 Å². The number of aliphatic hydroxyl groups is 1. The maximum absolute atomic E-state index is 13.8. The molecule has 0 aliphatic heterocycles. The fourth-order valence-corrected chi connectivity index (χ4v) is 6.07. The fourth-order valence-electron chi connectivity index (χ4n) is 5.55. The Bertz CT molecular complexity index is 1600. The van der Waals surface area contributed by atoms with Gasteiger partial charge in [-0.15, -0.1) is 0 Å². The lowest BCUT2D eigenvalue weighted by Crippen LogP contribution is -2.52. The predicted octanol–water partition coefficient (Wildman–Crippen LogP) is 6.40. The van der Waals surface area contributed by atoms with Crippen LogP contribution >= 0.6 is 11.8 Å². The number of carbonyl (C=O) groups excluding carboxylic acids is 5. The number of alkyl halides is 3. The van der Waals surface area contributed by atoms with Crippen LogP contribution in [0.25, 0.3) is 11.1 Å². The van der Waals surface area contributed by atoms with Gasteiger partial charge in [0.25, 0.3) is 0 Å². The van der Waals surface area contributed by atoms with Crippen LogP contribution in [0.4, 0.5) is 13.2 Å². The number of amides is 2. The molecule has 0 saturated carbocycles. The van der Waals surface area contributed by atoms with E-state index in [-0.39, 0.29) is 25.0 Å². The molecule has 2 amide bonds. The number of aliphatic hydroxyl groups excluding tert-OH is 1. The molecule has 0 aliphatic rings. The Morgan fingerprint density at radius 3 is 1.94 bits per heavy atom. The molecule has 0 aliphatic carbocycles. The summed E-state index contributed by atoms with van der Waals surface area (Å²) in [5.41, 5.74) is 3.12. The predicted molar refractivity (Wildman–Crippen MR) is 192 cm³/mol. The maximum Gasteiger partial charge on any atom is 0.416 e. The highest BCUT2D eigenvalue weighted by Gasteiger charge is 2.44. The second kappa shape index (κ2) is 19.9. The van der Waals surface area contributed by atoms with Gasteiger partial charge in [0.05, 0.1) is 12.1 Å². The zero-order valence-electron chi connectivity index (χ0n) is 28.9. The normalized spacial score (nSPS) is 14.4. The molecule has 3 aromatic carbocycles. The molecule has 0 fully saturated rings. The second-order valence-electron chi connectivity index (χ2n) is 12.7. The van der Waals surface area contributed by atoms with Crippen LogP contribution < -0.4 is 10.6 Å². The van der Waals surface area contributed by atoms with Gasteiger partial charge in [-0.2, -0.15) is 24.9 Å². The highest BCUT2D eigenvalue weighted by molar-refractivity contribution is 7.98. The topological polar surface area (TPSA) is 130 Å². The molecule has 8 nitrogen and oxygen atoms in total. The summed E-state index contributed by atoms with van der Waals surface area (Å²) in [6.07, 6.45) is -6.87. The minimum atomic E-state index is -5.04. The van der Waals surface area contributed by atoms with Crippen molar-refractivity contribution in [3.05, 3.63) is 96.1 Å². The summed E-state index contributed by atoms with van der Waals surface area (Å²) in [6.45, 7) is 2.55. The summed E-state index contributed by atoms with van der Waals surface area (Å²) in [4.78, 5) is 65.2. The van der Waals surface area contributed by atoms with E-state index in [1.807, 2.05) is 48.7 Å². The van der Waals surface area contributed by atoms with E-state index in [1.54, 1.807) is 42.5 Å². The van der Waals surface area contributed by atoms with Crippen molar-refractivity contribution in [1.82, 2.24) is 10.6 Å². The number of Topliss-reactive ketones (excluding diaryl/α,β-unsaturated/α-hetero) is 3. The van der Waals surface area contributed by atoms with Crippen LogP contribution in [0.1, 0.15) is 61.9 Å². The number of thioether (sulfide) groups is 1. The van der Waals surface area contributed by atoms with Crippen molar-refractivity contribution < 1.29 is 42.3 Å². The number of hydrogen-bond donors (Lipinski definition) is 3. The fraction of sp³-hybridized carbons (Fsp3) is 0.410. The second-order valence-corrected chi connectivity index (χ2v) is 13.7. The van der Waals surface area contributed by atoms with E-state index in [0.717, 1.165) is 16.7 Å². The van der Waals surface area contributed by atoms with Gasteiger partial charge in [0.15, 0.2) is 17.7 Å². The van der Waals surface area contributed by atoms with E-state index in [1.165, 1.54) is 25.6 Å². The quantitative estimate of drug-likeness (QED) is 0.115. The molecule has 0 aromatic heterocycles. The number of benzene rings is 3. The molecule has 0 saturated heterocycles. The van der Waals surface area contributed by atoms with Crippen molar-refractivity contribution in [2.75, 3.05) is 12.0 Å². The van der Waals surface area contributed by atoms with Gasteiger partial charge in [0, 0.05) is 36.7 Å². The number of hydrogen-bond acceptors (Lipinski definition) is 7. The largest absolute Gasteiger partial charge is 0.416 e. The average Bonchev–Trinajstić information content (AvgIpc) is 3.11. The van der Waals surface area contributed by atoms with Crippen LogP contribution in [0.5, 0.6) is 0 Å². The first-order valence-electron chi connectivity index (χ1n) is 16.8. The zero-order valence-corrected chi connectivity index (χ0v) is 29.8. The Kier molecular flexibility index (Phi) is 16.1. The monoisotopic (exact) mass is 726 g/mol. The van der Waals surface area contributed by atoms with Crippen LogP contribution in [-0.2, 0) is 25.6 Å². The van der Waals surface area contributed by atoms with Gasteiger partial charge in [0.2, 0.25) is 11.8 Å². The van der Waals surface area contributed by atoms with E-state index < -0.39 is 72.4 Å². The highest BCUT2D eigenvalue weighted by atomic mass is 32.2. The summed E-state index contributed by atoms with van der Waals surface area (Å²) in [5.74, 6) is -3.87. The Hall–Kier alpha value is -4.29. The van der Waals surface area contributed by atoms with E-state index in [4.69, 9.17) is 0 Å². The van der Waals surface area contributed by atoms with Crippen molar-refractivity contribution in [2.24, 2.45) is 11.8 Å².